The fourth-order valence-electron chi connectivity index (χ4n) is 1.22. The molecule has 0 atom stereocenters. The molecule has 1 N–H and O–H groups in total. The van der Waals surface area contributed by atoms with Gasteiger partial charge < -0.3 is 5.11 Å². The van der Waals surface area contributed by atoms with Crippen LogP contribution in [0.25, 0.3) is 12.2 Å². The van der Waals surface area contributed by atoms with Crippen molar-refractivity contribution in [3.05, 3.63) is 43.2 Å². The molecule has 2 aromatic rings. The Kier molecular flexibility index (Phi) is 3.43. The van der Waals surface area contributed by atoms with Gasteiger partial charge in [-0.2, -0.15) is 11.3 Å². The Morgan fingerprint density at radius 1 is 1.44 bits per heavy atom. The normalized spacial score (nSPS) is 11.1. The first-order chi connectivity index (χ1) is 7.66. The van der Waals surface area contributed by atoms with E-state index in [-0.39, 0.29) is 4.88 Å². The lowest BCUT2D eigenvalue weighted by atomic mass is 10.2. The van der Waals surface area contributed by atoms with Gasteiger partial charge in [0.1, 0.15) is 4.88 Å². The zero-order valence-electron chi connectivity index (χ0n) is 8.01. The maximum absolute atomic E-state index is 10.9. The third-order valence-corrected chi connectivity index (χ3v) is 3.89. The lowest BCUT2D eigenvalue weighted by Gasteiger charge is -1.90. The summed E-state index contributed by atoms with van der Waals surface area (Å²) in [7, 11) is 0. The van der Waals surface area contributed by atoms with Crippen molar-refractivity contribution in [3.8, 4) is 0 Å². The standard InChI is InChI=1S/C11H7ClO2S2/c12-9-5-8(10(16-9)11(13)14)2-1-7-3-4-15-6-7/h1-6H,(H,13,14)/b2-1+. The topological polar surface area (TPSA) is 37.3 Å². The Morgan fingerprint density at radius 2 is 2.25 bits per heavy atom. The summed E-state index contributed by atoms with van der Waals surface area (Å²) < 4.78 is 0.488. The van der Waals surface area contributed by atoms with Crippen LogP contribution < -0.4 is 0 Å². The van der Waals surface area contributed by atoms with Crippen LogP contribution in [-0.2, 0) is 0 Å². The van der Waals surface area contributed by atoms with Gasteiger partial charge in [0.2, 0.25) is 0 Å². The molecule has 82 valence electrons. The summed E-state index contributed by atoms with van der Waals surface area (Å²) in [6.45, 7) is 0. The first kappa shape index (κ1) is 11.4. The number of hydrogen-bond acceptors (Lipinski definition) is 3. The number of carbonyl (C=O) groups is 1. The molecule has 0 radical (unpaired) electrons. The third-order valence-electron chi connectivity index (χ3n) is 1.92. The Morgan fingerprint density at radius 3 is 2.88 bits per heavy atom. The molecule has 2 aromatic heterocycles. The fraction of sp³-hybridized carbons (Fsp3) is 0. The Bertz CT molecular complexity index is 526. The van der Waals surface area contributed by atoms with Crippen LogP contribution in [0.15, 0.2) is 22.9 Å². The van der Waals surface area contributed by atoms with E-state index in [9.17, 15) is 4.79 Å². The highest BCUT2D eigenvalue weighted by atomic mass is 35.5. The zero-order chi connectivity index (χ0) is 11.5. The van der Waals surface area contributed by atoms with E-state index in [1.165, 1.54) is 0 Å². The summed E-state index contributed by atoms with van der Waals surface area (Å²) in [4.78, 5) is 11.2. The molecule has 16 heavy (non-hydrogen) atoms. The van der Waals surface area contributed by atoms with Crippen LogP contribution in [0.5, 0.6) is 0 Å². The lowest BCUT2D eigenvalue weighted by Crippen LogP contribution is -1.93. The molecule has 0 aliphatic rings. The smallest absolute Gasteiger partial charge is 0.346 e. The van der Waals surface area contributed by atoms with Crippen LogP contribution in [0.3, 0.4) is 0 Å². The van der Waals surface area contributed by atoms with E-state index in [0.29, 0.717) is 9.90 Å². The van der Waals surface area contributed by atoms with Gasteiger partial charge in [-0.1, -0.05) is 23.8 Å². The maximum Gasteiger partial charge on any atom is 0.346 e. The molecule has 0 aliphatic heterocycles. The van der Waals surface area contributed by atoms with Crippen LogP contribution in [0.2, 0.25) is 4.34 Å². The van der Waals surface area contributed by atoms with Crippen molar-refractivity contribution >= 4 is 52.4 Å². The van der Waals surface area contributed by atoms with E-state index in [4.69, 9.17) is 16.7 Å². The highest BCUT2D eigenvalue weighted by Gasteiger charge is 2.12. The van der Waals surface area contributed by atoms with Crippen molar-refractivity contribution in [2.24, 2.45) is 0 Å². The van der Waals surface area contributed by atoms with E-state index in [1.807, 2.05) is 22.9 Å². The van der Waals surface area contributed by atoms with E-state index in [0.717, 1.165) is 16.9 Å². The van der Waals surface area contributed by atoms with Crippen LogP contribution >= 0.6 is 34.3 Å². The third kappa shape index (κ3) is 2.52. The minimum Gasteiger partial charge on any atom is -0.477 e. The van der Waals surface area contributed by atoms with Gasteiger partial charge in [0, 0.05) is 5.56 Å². The molecule has 0 saturated heterocycles. The molecule has 5 heteroatoms. The largest absolute Gasteiger partial charge is 0.477 e. The maximum atomic E-state index is 10.9. The van der Waals surface area contributed by atoms with Gasteiger partial charge in [-0.3, -0.25) is 0 Å². The fourth-order valence-corrected chi connectivity index (χ4v) is 2.91. The second kappa shape index (κ2) is 4.82. The molecule has 0 amide bonds. The second-order valence-electron chi connectivity index (χ2n) is 3.03. The van der Waals surface area contributed by atoms with Gasteiger partial charge in [0.15, 0.2) is 0 Å². The molecule has 0 unspecified atom stereocenters. The van der Waals surface area contributed by atoms with E-state index in [1.54, 1.807) is 23.5 Å². The predicted molar refractivity (Wildman–Crippen MR) is 69.5 cm³/mol. The van der Waals surface area contributed by atoms with Crippen LogP contribution in [0.4, 0.5) is 0 Å². The zero-order valence-corrected chi connectivity index (χ0v) is 10.4. The highest BCUT2D eigenvalue weighted by molar-refractivity contribution is 7.18. The molecule has 0 saturated carbocycles. The van der Waals surface area contributed by atoms with E-state index in [2.05, 4.69) is 0 Å². The minimum absolute atomic E-state index is 0.275. The Hall–Kier alpha value is -1.10. The van der Waals surface area contributed by atoms with Crippen molar-refractivity contribution < 1.29 is 9.90 Å². The van der Waals surface area contributed by atoms with Crippen molar-refractivity contribution in [1.29, 1.82) is 0 Å². The number of carboxylic acids is 1. The SMILES string of the molecule is O=C(O)c1sc(Cl)cc1/C=C/c1ccsc1. The average molecular weight is 271 g/mol. The van der Waals surface area contributed by atoms with Crippen molar-refractivity contribution in [1.82, 2.24) is 0 Å². The number of thiophene rings is 2. The summed E-state index contributed by atoms with van der Waals surface area (Å²) in [6, 6.07) is 3.63. The number of hydrogen-bond donors (Lipinski definition) is 1. The predicted octanol–water partition coefficient (Wildman–Crippen LogP) is 4.33. The van der Waals surface area contributed by atoms with Crippen LogP contribution in [0, 0.1) is 0 Å². The first-order valence-electron chi connectivity index (χ1n) is 4.40. The molecule has 0 bridgehead atoms. The lowest BCUT2D eigenvalue weighted by molar-refractivity contribution is 0.0702. The molecule has 0 aliphatic carbocycles. The minimum atomic E-state index is -0.943. The Balaban J connectivity index is 2.30. The van der Waals surface area contributed by atoms with Gasteiger partial charge in [-0.05, 0) is 28.5 Å². The molecular formula is C11H7ClO2S2. The van der Waals surface area contributed by atoms with Crippen molar-refractivity contribution in [2.45, 2.75) is 0 Å². The number of carboxylic acid groups (broad SMARTS) is 1. The van der Waals surface area contributed by atoms with Crippen molar-refractivity contribution in [3.63, 3.8) is 0 Å². The van der Waals surface area contributed by atoms with Crippen molar-refractivity contribution in [2.75, 3.05) is 0 Å². The molecule has 2 nitrogen and oxygen atoms in total. The molecule has 0 spiro atoms. The average Bonchev–Trinajstić information content (AvgIpc) is 2.83. The van der Waals surface area contributed by atoms with Gasteiger partial charge in [0.05, 0.1) is 4.34 Å². The van der Waals surface area contributed by atoms with Crippen LogP contribution in [-0.4, -0.2) is 11.1 Å². The number of halogens is 1. The van der Waals surface area contributed by atoms with E-state index >= 15 is 0 Å². The van der Waals surface area contributed by atoms with Crippen LogP contribution in [0.1, 0.15) is 20.8 Å². The first-order valence-corrected chi connectivity index (χ1v) is 6.53. The summed E-state index contributed by atoms with van der Waals surface area (Å²) in [5.74, 6) is -0.943. The van der Waals surface area contributed by atoms with Gasteiger partial charge in [-0.15, -0.1) is 11.3 Å². The summed E-state index contributed by atoms with van der Waals surface area (Å²) >= 11 is 8.47. The number of rotatable bonds is 3. The number of aromatic carboxylic acids is 1. The molecule has 0 aromatic carbocycles. The quantitative estimate of drug-likeness (QED) is 0.901. The molecule has 2 rings (SSSR count). The highest BCUT2D eigenvalue weighted by Crippen LogP contribution is 2.28. The van der Waals surface area contributed by atoms with E-state index < -0.39 is 5.97 Å². The van der Waals surface area contributed by atoms with Gasteiger partial charge in [-0.25, -0.2) is 4.79 Å². The molecule has 2 heterocycles. The second-order valence-corrected chi connectivity index (χ2v) is 5.49. The molecule has 0 fully saturated rings. The monoisotopic (exact) mass is 270 g/mol. The summed E-state index contributed by atoms with van der Waals surface area (Å²) in [5.41, 5.74) is 1.71. The summed E-state index contributed by atoms with van der Waals surface area (Å²) in [5, 5.41) is 12.9. The Labute approximate surface area is 105 Å². The summed E-state index contributed by atoms with van der Waals surface area (Å²) in [6.07, 6.45) is 3.65. The van der Waals surface area contributed by atoms with Gasteiger partial charge in [0.25, 0.3) is 0 Å². The molecular weight excluding hydrogens is 264 g/mol. The van der Waals surface area contributed by atoms with Gasteiger partial charge >= 0.3 is 5.97 Å².